The SMILES string of the molecule is COC(=O)CC(C)NC(C)(CO)c1ccccc1. The van der Waals surface area contributed by atoms with Crippen LogP contribution in [0.3, 0.4) is 0 Å². The first kappa shape index (κ1) is 14.7. The minimum Gasteiger partial charge on any atom is -0.469 e. The number of hydrogen-bond acceptors (Lipinski definition) is 4. The molecule has 0 spiro atoms. The molecule has 0 amide bonds. The number of aliphatic hydroxyl groups is 1. The Hall–Kier alpha value is -1.39. The maximum Gasteiger partial charge on any atom is 0.307 e. The highest BCUT2D eigenvalue weighted by molar-refractivity contribution is 5.69. The summed E-state index contributed by atoms with van der Waals surface area (Å²) in [6.07, 6.45) is 0.277. The van der Waals surface area contributed by atoms with E-state index < -0.39 is 5.54 Å². The van der Waals surface area contributed by atoms with E-state index in [1.165, 1.54) is 7.11 Å². The van der Waals surface area contributed by atoms with Gasteiger partial charge in [-0.1, -0.05) is 30.3 Å². The van der Waals surface area contributed by atoms with Gasteiger partial charge < -0.3 is 15.2 Å². The lowest BCUT2D eigenvalue weighted by Gasteiger charge is -2.32. The van der Waals surface area contributed by atoms with Crippen molar-refractivity contribution >= 4 is 5.97 Å². The van der Waals surface area contributed by atoms with E-state index >= 15 is 0 Å². The van der Waals surface area contributed by atoms with Crippen molar-refractivity contribution in [1.29, 1.82) is 0 Å². The summed E-state index contributed by atoms with van der Waals surface area (Å²) in [6, 6.07) is 9.61. The van der Waals surface area contributed by atoms with Crippen LogP contribution in [-0.4, -0.2) is 30.8 Å². The number of methoxy groups -OCH3 is 1. The van der Waals surface area contributed by atoms with Crippen molar-refractivity contribution in [3.05, 3.63) is 35.9 Å². The molecule has 2 atom stereocenters. The quantitative estimate of drug-likeness (QED) is 0.751. The highest BCUT2D eigenvalue weighted by atomic mass is 16.5. The molecule has 1 rings (SSSR count). The third-order valence-electron chi connectivity index (χ3n) is 2.99. The molecule has 0 aromatic heterocycles. The van der Waals surface area contributed by atoms with Crippen LogP contribution in [0.15, 0.2) is 30.3 Å². The molecule has 0 saturated heterocycles. The Morgan fingerprint density at radius 3 is 2.56 bits per heavy atom. The fourth-order valence-electron chi connectivity index (χ4n) is 1.95. The van der Waals surface area contributed by atoms with Gasteiger partial charge in [-0.3, -0.25) is 4.79 Å². The minimum atomic E-state index is -0.561. The number of carbonyl (C=O) groups is 1. The molecular weight excluding hydrogens is 230 g/mol. The molecule has 0 bridgehead atoms. The molecule has 0 radical (unpaired) electrons. The topological polar surface area (TPSA) is 58.6 Å². The summed E-state index contributed by atoms with van der Waals surface area (Å²) in [7, 11) is 1.37. The number of hydrogen-bond donors (Lipinski definition) is 2. The van der Waals surface area contributed by atoms with Crippen LogP contribution < -0.4 is 5.32 Å². The second kappa shape index (κ2) is 6.52. The molecule has 18 heavy (non-hydrogen) atoms. The maximum absolute atomic E-state index is 11.2. The Morgan fingerprint density at radius 2 is 2.06 bits per heavy atom. The van der Waals surface area contributed by atoms with E-state index in [1.54, 1.807) is 0 Å². The van der Waals surface area contributed by atoms with Crippen LogP contribution in [0.25, 0.3) is 0 Å². The average Bonchev–Trinajstić information content (AvgIpc) is 2.39. The average molecular weight is 251 g/mol. The highest BCUT2D eigenvalue weighted by Crippen LogP contribution is 2.21. The lowest BCUT2D eigenvalue weighted by molar-refractivity contribution is -0.141. The van der Waals surface area contributed by atoms with Crippen LogP contribution in [0, 0.1) is 0 Å². The third kappa shape index (κ3) is 3.82. The van der Waals surface area contributed by atoms with Gasteiger partial charge in [0.15, 0.2) is 0 Å². The fraction of sp³-hybridized carbons (Fsp3) is 0.500. The molecule has 2 N–H and O–H groups in total. The fourth-order valence-corrected chi connectivity index (χ4v) is 1.95. The molecule has 4 nitrogen and oxygen atoms in total. The third-order valence-corrected chi connectivity index (χ3v) is 2.99. The van der Waals surface area contributed by atoms with Crippen molar-refractivity contribution < 1.29 is 14.6 Å². The molecule has 0 saturated carbocycles. The predicted octanol–water partition coefficient (Wildman–Crippen LogP) is 1.44. The number of esters is 1. The lowest BCUT2D eigenvalue weighted by Crippen LogP contribution is -2.48. The van der Waals surface area contributed by atoms with Crippen molar-refractivity contribution in [3.63, 3.8) is 0 Å². The molecular formula is C14H21NO3. The number of benzene rings is 1. The van der Waals surface area contributed by atoms with Gasteiger partial charge in [0.05, 0.1) is 25.7 Å². The second-order valence-corrected chi connectivity index (χ2v) is 4.68. The smallest absolute Gasteiger partial charge is 0.307 e. The van der Waals surface area contributed by atoms with E-state index in [4.69, 9.17) is 0 Å². The van der Waals surface area contributed by atoms with Crippen LogP contribution in [0.1, 0.15) is 25.8 Å². The van der Waals surface area contributed by atoms with Crippen LogP contribution in [-0.2, 0) is 15.1 Å². The van der Waals surface area contributed by atoms with Gasteiger partial charge in [0.2, 0.25) is 0 Å². The Labute approximate surface area is 108 Å². The summed E-state index contributed by atoms with van der Waals surface area (Å²) in [6.45, 7) is 3.77. The molecule has 1 aromatic carbocycles. The molecule has 4 heteroatoms. The molecule has 0 heterocycles. The summed E-state index contributed by atoms with van der Waals surface area (Å²) in [5.41, 5.74) is 0.429. The number of carbonyl (C=O) groups excluding carboxylic acids is 1. The van der Waals surface area contributed by atoms with E-state index in [0.717, 1.165) is 5.56 Å². The molecule has 0 aliphatic rings. The monoisotopic (exact) mass is 251 g/mol. The van der Waals surface area contributed by atoms with Gasteiger partial charge in [0, 0.05) is 6.04 Å². The maximum atomic E-state index is 11.2. The zero-order valence-electron chi connectivity index (χ0n) is 11.1. The summed E-state index contributed by atoms with van der Waals surface area (Å²) in [4.78, 5) is 11.2. The Kier molecular flexibility index (Phi) is 5.31. The highest BCUT2D eigenvalue weighted by Gasteiger charge is 2.27. The van der Waals surface area contributed by atoms with Crippen LogP contribution in [0.2, 0.25) is 0 Å². The van der Waals surface area contributed by atoms with E-state index in [1.807, 2.05) is 44.2 Å². The zero-order chi connectivity index (χ0) is 13.6. The first-order chi connectivity index (χ1) is 8.51. The molecule has 0 fully saturated rings. The zero-order valence-corrected chi connectivity index (χ0v) is 11.1. The Morgan fingerprint density at radius 1 is 1.44 bits per heavy atom. The van der Waals surface area contributed by atoms with Gasteiger partial charge >= 0.3 is 5.97 Å². The van der Waals surface area contributed by atoms with Crippen LogP contribution >= 0.6 is 0 Å². The summed E-state index contributed by atoms with van der Waals surface area (Å²) >= 11 is 0. The Bertz CT molecular complexity index is 380. The van der Waals surface area contributed by atoms with Gasteiger partial charge in [-0.25, -0.2) is 0 Å². The van der Waals surface area contributed by atoms with Crippen molar-refractivity contribution in [2.75, 3.05) is 13.7 Å². The van der Waals surface area contributed by atoms with E-state index in [9.17, 15) is 9.90 Å². The summed E-state index contributed by atoms with van der Waals surface area (Å²) < 4.78 is 4.63. The van der Waals surface area contributed by atoms with Crippen molar-refractivity contribution in [2.45, 2.75) is 31.8 Å². The second-order valence-electron chi connectivity index (χ2n) is 4.68. The van der Waals surface area contributed by atoms with Gasteiger partial charge in [-0.05, 0) is 19.4 Å². The van der Waals surface area contributed by atoms with E-state index in [0.29, 0.717) is 0 Å². The van der Waals surface area contributed by atoms with Gasteiger partial charge in [0.1, 0.15) is 0 Å². The summed E-state index contributed by atoms with van der Waals surface area (Å²) in [5.74, 6) is -0.261. The van der Waals surface area contributed by atoms with Crippen LogP contribution in [0.5, 0.6) is 0 Å². The van der Waals surface area contributed by atoms with Crippen molar-refractivity contribution in [2.24, 2.45) is 0 Å². The predicted molar refractivity (Wildman–Crippen MR) is 70.1 cm³/mol. The largest absolute Gasteiger partial charge is 0.469 e. The standard InChI is InChI=1S/C14H21NO3/c1-11(9-13(17)18-3)15-14(2,10-16)12-7-5-4-6-8-12/h4-8,11,15-16H,9-10H2,1-3H3. The molecule has 2 unspecified atom stereocenters. The minimum absolute atomic E-state index is 0.0392. The van der Waals surface area contributed by atoms with Gasteiger partial charge in [-0.2, -0.15) is 0 Å². The van der Waals surface area contributed by atoms with Gasteiger partial charge in [-0.15, -0.1) is 0 Å². The first-order valence-electron chi connectivity index (χ1n) is 6.02. The van der Waals surface area contributed by atoms with Crippen molar-refractivity contribution in [3.8, 4) is 0 Å². The molecule has 0 aliphatic heterocycles. The number of rotatable bonds is 6. The number of aliphatic hydroxyl groups excluding tert-OH is 1. The van der Waals surface area contributed by atoms with Gasteiger partial charge in [0.25, 0.3) is 0 Å². The normalized spacial score (nSPS) is 15.8. The van der Waals surface area contributed by atoms with Crippen LogP contribution in [0.4, 0.5) is 0 Å². The lowest BCUT2D eigenvalue weighted by atomic mass is 9.91. The van der Waals surface area contributed by atoms with E-state index in [2.05, 4.69) is 10.1 Å². The van der Waals surface area contributed by atoms with Crippen molar-refractivity contribution in [1.82, 2.24) is 5.32 Å². The van der Waals surface area contributed by atoms with E-state index in [-0.39, 0.29) is 25.0 Å². The number of nitrogens with one attached hydrogen (secondary N) is 1. The molecule has 1 aromatic rings. The first-order valence-corrected chi connectivity index (χ1v) is 6.02. The molecule has 100 valence electrons. The number of ether oxygens (including phenoxy) is 1. The molecule has 0 aliphatic carbocycles. The Balaban J connectivity index is 2.74. The summed E-state index contributed by atoms with van der Waals surface area (Å²) in [5, 5.41) is 12.9.